The van der Waals surface area contributed by atoms with E-state index in [-0.39, 0.29) is 18.2 Å². The molecule has 204 valence electrons. The molecule has 1 heterocycles. The highest BCUT2D eigenvalue weighted by atomic mass is 32.1. The predicted molar refractivity (Wildman–Crippen MR) is 152 cm³/mol. The van der Waals surface area contributed by atoms with Crippen molar-refractivity contribution in [1.29, 1.82) is 0 Å². The third-order valence-electron chi connectivity index (χ3n) is 6.10. The molecule has 3 aromatic rings. The van der Waals surface area contributed by atoms with Crippen LogP contribution in [0.2, 0.25) is 0 Å². The molecule has 0 saturated heterocycles. The summed E-state index contributed by atoms with van der Waals surface area (Å²) >= 11 is 1.53. The molecule has 0 saturated carbocycles. The van der Waals surface area contributed by atoms with E-state index in [1.807, 2.05) is 60.0 Å². The van der Waals surface area contributed by atoms with Gasteiger partial charge in [-0.25, -0.2) is 9.80 Å². The summed E-state index contributed by atoms with van der Waals surface area (Å²) in [7, 11) is 6.63. The molecule has 2 atom stereocenters. The SMILES string of the molecule is CN(C)NC(=O)[C@@H](Cc1cccs1)N(C)C(=O)[C@@H](Cc1ccc2ccccc2c1)N(C)C(=O)OC(C)(C)C. The Morgan fingerprint density at radius 3 is 2.16 bits per heavy atom. The van der Waals surface area contributed by atoms with E-state index in [1.54, 1.807) is 54.0 Å². The topological polar surface area (TPSA) is 82.2 Å². The fourth-order valence-corrected chi connectivity index (χ4v) is 4.89. The molecule has 38 heavy (non-hydrogen) atoms. The molecule has 0 unspecified atom stereocenters. The third kappa shape index (κ3) is 7.79. The highest BCUT2D eigenvalue weighted by molar-refractivity contribution is 7.09. The zero-order valence-electron chi connectivity index (χ0n) is 23.2. The van der Waals surface area contributed by atoms with Crippen LogP contribution in [0.4, 0.5) is 4.79 Å². The number of hydrogen-bond donors (Lipinski definition) is 1. The van der Waals surface area contributed by atoms with E-state index >= 15 is 0 Å². The second-order valence-corrected chi connectivity index (χ2v) is 11.6. The van der Waals surface area contributed by atoms with Gasteiger partial charge < -0.3 is 9.64 Å². The van der Waals surface area contributed by atoms with Crippen LogP contribution in [0.1, 0.15) is 31.2 Å². The summed E-state index contributed by atoms with van der Waals surface area (Å²) in [4.78, 5) is 44.1. The van der Waals surface area contributed by atoms with Crippen LogP contribution < -0.4 is 5.43 Å². The van der Waals surface area contributed by atoms with E-state index in [0.717, 1.165) is 21.2 Å². The van der Waals surface area contributed by atoms with Crippen molar-refractivity contribution >= 4 is 40.0 Å². The van der Waals surface area contributed by atoms with Crippen LogP contribution in [0.5, 0.6) is 0 Å². The molecule has 1 N–H and O–H groups in total. The average molecular weight is 539 g/mol. The van der Waals surface area contributed by atoms with Gasteiger partial charge >= 0.3 is 6.09 Å². The molecule has 0 radical (unpaired) electrons. The molecule has 9 heteroatoms. The number of hydrogen-bond acceptors (Lipinski definition) is 6. The lowest BCUT2D eigenvalue weighted by atomic mass is 9.99. The normalized spacial score (nSPS) is 13.2. The number of amides is 3. The van der Waals surface area contributed by atoms with Crippen molar-refractivity contribution in [2.75, 3.05) is 28.2 Å². The monoisotopic (exact) mass is 538 g/mol. The lowest BCUT2D eigenvalue weighted by Gasteiger charge is -2.35. The second-order valence-electron chi connectivity index (χ2n) is 10.6. The van der Waals surface area contributed by atoms with E-state index in [4.69, 9.17) is 4.74 Å². The van der Waals surface area contributed by atoms with Gasteiger partial charge in [0.15, 0.2) is 0 Å². The van der Waals surface area contributed by atoms with Crippen LogP contribution in [0, 0.1) is 0 Å². The van der Waals surface area contributed by atoms with Gasteiger partial charge in [-0.05, 0) is 48.6 Å². The maximum Gasteiger partial charge on any atom is 0.410 e. The van der Waals surface area contributed by atoms with Crippen molar-refractivity contribution < 1.29 is 19.1 Å². The summed E-state index contributed by atoms with van der Waals surface area (Å²) in [5.74, 6) is -0.648. The largest absolute Gasteiger partial charge is 0.444 e. The number of nitrogens with one attached hydrogen (secondary N) is 1. The summed E-state index contributed by atoms with van der Waals surface area (Å²) in [5, 5.41) is 5.64. The van der Waals surface area contributed by atoms with Crippen molar-refractivity contribution in [3.05, 3.63) is 70.4 Å². The first-order valence-corrected chi connectivity index (χ1v) is 13.4. The van der Waals surface area contributed by atoms with Gasteiger partial charge in [0.2, 0.25) is 5.91 Å². The van der Waals surface area contributed by atoms with Gasteiger partial charge in [-0.1, -0.05) is 48.5 Å². The zero-order valence-corrected chi connectivity index (χ0v) is 24.0. The molecule has 0 aliphatic heterocycles. The van der Waals surface area contributed by atoms with Crippen LogP contribution in [0.15, 0.2) is 60.0 Å². The molecular formula is C29H38N4O4S. The van der Waals surface area contributed by atoms with Crippen molar-refractivity contribution in [1.82, 2.24) is 20.2 Å². The Morgan fingerprint density at radius 1 is 0.868 bits per heavy atom. The number of benzene rings is 2. The number of carbonyl (C=O) groups excluding carboxylic acids is 3. The van der Waals surface area contributed by atoms with Gasteiger partial charge in [-0.15, -0.1) is 11.3 Å². The number of nitrogens with zero attached hydrogens (tertiary/aromatic N) is 3. The van der Waals surface area contributed by atoms with Crippen molar-refractivity contribution in [3.63, 3.8) is 0 Å². The van der Waals surface area contributed by atoms with Gasteiger partial charge in [0.1, 0.15) is 17.7 Å². The Balaban J connectivity index is 1.95. The van der Waals surface area contributed by atoms with Crippen LogP contribution in [0.25, 0.3) is 10.8 Å². The predicted octanol–water partition coefficient (Wildman–Crippen LogP) is 4.34. The number of rotatable bonds is 9. The molecule has 1 aromatic heterocycles. The lowest BCUT2D eigenvalue weighted by molar-refractivity contribution is -0.144. The van der Waals surface area contributed by atoms with Gasteiger partial charge in [0.05, 0.1) is 0 Å². The highest BCUT2D eigenvalue weighted by Crippen LogP contribution is 2.21. The molecule has 3 amide bonds. The summed E-state index contributed by atoms with van der Waals surface area (Å²) in [5.41, 5.74) is 2.96. The zero-order chi connectivity index (χ0) is 28.0. The smallest absolute Gasteiger partial charge is 0.410 e. The number of likely N-dealkylation sites (N-methyl/N-ethyl adjacent to an activating group) is 2. The van der Waals surface area contributed by atoms with Crippen molar-refractivity contribution in [3.8, 4) is 0 Å². The molecule has 2 aromatic carbocycles. The van der Waals surface area contributed by atoms with E-state index in [1.165, 1.54) is 21.1 Å². The summed E-state index contributed by atoms with van der Waals surface area (Å²) in [6.07, 6.45) is 0.0287. The third-order valence-corrected chi connectivity index (χ3v) is 7.00. The van der Waals surface area contributed by atoms with Crippen molar-refractivity contribution in [2.24, 2.45) is 0 Å². The molecule has 0 aliphatic rings. The van der Waals surface area contributed by atoms with Crippen LogP contribution >= 0.6 is 11.3 Å². The molecule has 0 bridgehead atoms. The minimum absolute atomic E-state index is 0.269. The van der Waals surface area contributed by atoms with E-state index in [0.29, 0.717) is 6.42 Å². The van der Waals surface area contributed by atoms with Gasteiger partial charge in [0, 0.05) is 45.9 Å². The number of thiophene rings is 1. The lowest BCUT2D eigenvalue weighted by Crippen LogP contribution is -2.57. The quantitative estimate of drug-likeness (QED) is 0.410. The molecule has 0 fully saturated rings. The first-order chi connectivity index (χ1) is 17.9. The Labute approximate surface area is 229 Å². The first kappa shape index (κ1) is 29.1. The molecular weight excluding hydrogens is 500 g/mol. The Morgan fingerprint density at radius 2 is 1.55 bits per heavy atom. The van der Waals surface area contributed by atoms with Gasteiger partial charge in [0.25, 0.3) is 5.91 Å². The number of ether oxygens (including phenoxy) is 1. The number of carbonyl (C=O) groups is 3. The molecule has 0 spiro atoms. The Bertz CT molecular complexity index is 1250. The summed E-state index contributed by atoms with van der Waals surface area (Å²) in [6, 6.07) is 16.2. The maximum atomic E-state index is 14.1. The number of fused-ring (bicyclic) bond motifs is 1. The van der Waals surface area contributed by atoms with Gasteiger partial charge in [-0.2, -0.15) is 0 Å². The molecule has 3 rings (SSSR count). The summed E-state index contributed by atoms with van der Waals surface area (Å²) < 4.78 is 5.60. The van der Waals surface area contributed by atoms with E-state index in [9.17, 15) is 14.4 Å². The second kappa shape index (κ2) is 12.4. The standard InChI is InChI=1S/C29H38N4O4S/c1-29(2,3)37-28(36)33(7)25(18-20-14-15-21-11-8-9-12-22(21)17-20)27(35)32(6)24(26(34)30-31(4)5)19-23-13-10-16-38-23/h8-17,24-25H,18-19H2,1-7H3,(H,30,34)/t24-,25-/m1/s1. The highest BCUT2D eigenvalue weighted by Gasteiger charge is 2.36. The molecule has 8 nitrogen and oxygen atoms in total. The van der Waals surface area contributed by atoms with Crippen molar-refractivity contribution in [2.45, 2.75) is 51.3 Å². The number of hydrazine groups is 1. The van der Waals surface area contributed by atoms with Crippen LogP contribution in [-0.2, 0) is 27.2 Å². The fraction of sp³-hybridized carbons (Fsp3) is 0.414. The Kier molecular flexibility index (Phi) is 9.51. The average Bonchev–Trinajstić information content (AvgIpc) is 3.36. The molecule has 0 aliphatic carbocycles. The first-order valence-electron chi connectivity index (χ1n) is 12.6. The fourth-order valence-electron chi connectivity index (χ4n) is 4.15. The van der Waals surface area contributed by atoms with Crippen LogP contribution in [0.3, 0.4) is 0 Å². The van der Waals surface area contributed by atoms with E-state index in [2.05, 4.69) is 5.43 Å². The summed E-state index contributed by atoms with van der Waals surface area (Å²) in [6.45, 7) is 5.36. The van der Waals surface area contributed by atoms with E-state index < -0.39 is 23.8 Å². The minimum Gasteiger partial charge on any atom is -0.444 e. The van der Waals surface area contributed by atoms with Crippen LogP contribution in [-0.4, -0.2) is 78.6 Å². The minimum atomic E-state index is -0.881. The van der Waals surface area contributed by atoms with Gasteiger partial charge in [-0.3, -0.25) is 19.9 Å². The Hall–Kier alpha value is -3.43. The maximum absolute atomic E-state index is 14.1.